The lowest BCUT2D eigenvalue weighted by atomic mass is 10.1. The fourth-order valence-electron chi connectivity index (χ4n) is 5.45. The third-order valence-corrected chi connectivity index (χ3v) is 8.57. The zero-order chi connectivity index (χ0) is 28.0. The fourth-order valence-corrected chi connectivity index (χ4v) is 6.36. The van der Waals surface area contributed by atoms with Crippen LogP contribution in [0.3, 0.4) is 0 Å². The Morgan fingerprint density at radius 2 is 1.95 bits per heavy atom. The third kappa shape index (κ3) is 6.79. The number of carbonyl (C=O) groups is 1. The minimum Gasteiger partial charge on any atom is -0.491 e. The Morgan fingerprint density at radius 1 is 1.07 bits per heavy atom. The molecule has 1 atom stereocenters. The van der Waals surface area contributed by atoms with Crippen molar-refractivity contribution in [2.45, 2.75) is 54.7 Å². The number of likely N-dealkylation sites (tertiary alicyclic amines) is 1. The van der Waals surface area contributed by atoms with E-state index in [1.54, 1.807) is 24.0 Å². The number of primary amides is 1. The highest BCUT2D eigenvalue weighted by Crippen LogP contribution is 2.39. The molecule has 0 spiro atoms. The summed E-state index contributed by atoms with van der Waals surface area (Å²) in [6.45, 7) is 5.38. The van der Waals surface area contributed by atoms with E-state index < -0.39 is 5.91 Å². The fraction of sp³-hybridized carbons (Fsp3) is 0.375. The summed E-state index contributed by atoms with van der Waals surface area (Å²) >= 11 is 1.60. The van der Waals surface area contributed by atoms with E-state index in [0.717, 1.165) is 53.6 Å². The van der Waals surface area contributed by atoms with E-state index in [-0.39, 0.29) is 6.23 Å². The molecule has 1 amide bonds. The first-order valence-electron chi connectivity index (χ1n) is 14.3. The van der Waals surface area contributed by atoms with E-state index in [0.29, 0.717) is 24.4 Å². The molecular formula is C32H35N5O3S. The summed E-state index contributed by atoms with van der Waals surface area (Å²) in [6, 6.07) is 21.1. The molecule has 0 saturated carbocycles. The molecule has 4 heterocycles. The van der Waals surface area contributed by atoms with E-state index in [2.05, 4.69) is 45.1 Å². The zero-order valence-electron chi connectivity index (χ0n) is 23.1. The summed E-state index contributed by atoms with van der Waals surface area (Å²) in [4.78, 5) is 20.6. The van der Waals surface area contributed by atoms with Crippen LogP contribution in [0.25, 0.3) is 0 Å². The molecule has 2 saturated heterocycles. The lowest BCUT2D eigenvalue weighted by Crippen LogP contribution is -2.45. The number of anilines is 1. The minimum atomic E-state index is -0.426. The first-order chi connectivity index (χ1) is 20.1. The van der Waals surface area contributed by atoms with Gasteiger partial charge in [-0.1, -0.05) is 23.9 Å². The normalized spacial score (nSPS) is 18.6. The Bertz CT molecular complexity index is 1430. The van der Waals surface area contributed by atoms with Gasteiger partial charge in [-0.15, -0.1) is 0 Å². The number of pyridine rings is 1. The number of rotatable bonds is 8. The summed E-state index contributed by atoms with van der Waals surface area (Å²) < 4.78 is 12.1. The summed E-state index contributed by atoms with van der Waals surface area (Å²) in [6.07, 6.45) is 7.39. The van der Waals surface area contributed by atoms with Gasteiger partial charge in [0.25, 0.3) is 0 Å². The highest BCUT2D eigenvalue weighted by atomic mass is 32.2. The zero-order valence-corrected chi connectivity index (χ0v) is 23.9. The number of nitrogens with zero attached hydrogens (tertiary/aromatic N) is 4. The SMILES string of the molecule is NC(=O)c1cccc(Sc2ccc3c(c2)N(C2CCCCO2)N(C#Cc2ccc(OCCN4CCCC4)cn2)C3)c1. The lowest BCUT2D eigenvalue weighted by Gasteiger charge is -2.36. The van der Waals surface area contributed by atoms with Crippen LogP contribution < -0.4 is 15.5 Å². The second-order valence-corrected chi connectivity index (χ2v) is 11.7. The van der Waals surface area contributed by atoms with E-state index in [4.69, 9.17) is 15.2 Å². The van der Waals surface area contributed by atoms with Crippen molar-refractivity contribution in [2.75, 3.05) is 37.9 Å². The molecule has 3 aliphatic rings. The van der Waals surface area contributed by atoms with Gasteiger partial charge in [0, 0.05) is 34.6 Å². The Morgan fingerprint density at radius 3 is 2.73 bits per heavy atom. The van der Waals surface area contributed by atoms with Crippen LogP contribution in [0.4, 0.5) is 5.69 Å². The van der Waals surface area contributed by atoms with Crippen LogP contribution in [-0.4, -0.2) is 59.9 Å². The van der Waals surface area contributed by atoms with Crippen LogP contribution in [0.1, 0.15) is 53.7 Å². The van der Waals surface area contributed by atoms with Crippen LogP contribution in [0.15, 0.2) is 70.6 Å². The van der Waals surface area contributed by atoms with Crippen molar-refractivity contribution < 1.29 is 14.3 Å². The number of hydrazine groups is 1. The molecule has 0 aliphatic carbocycles. The van der Waals surface area contributed by atoms with Gasteiger partial charge in [0.15, 0.2) is 0 Å². The van der Waals surface area contributed by atoms with Crippen LogP contribution in [0, 0.1) is 12.0 Å². The molecule has 1 unspecified atom stereocenters. The van der Waals surface area contributed by atoms with Gasteiger partial charge < -0.3 is 15.2 Å². The average molecular weight is 570 g/mol. The number of hydrogen-bond acceptors (Lipinski definition) is 8. The molecule has 3 aromatic rings. The van der Waals surface area contributed by atoms with Gasteiger partial charge in [-0.3, -0.25) is 9.69 Å². The molecule has 0 radical (unpaired) electrons. The lowest BCUT2D eigenvalue weighted by molar-refractivity contribution is -0.00662. The molecule has 2 fully saturated rings. The van der Waals surface area contributed by atoms with E-state index in [1.807, 2.05) is 35.3 Å². The topological polar surface area (TPSA) is 84.2 Å². The van der Waals surface area contributed by atoms with Gasteiger partial charge >= 0.3 is 0 Å². The average Bonchev–Trinajstić information content (AvgIpc) is 3.65. The van der Waals surface area contributed by atoms with Crippen LogP contribution >= 0.6 is 11.8 Å². The summed E-state index contributed by atoms with van der Waals surface area (Å²) in [5.41, 5.74) is 8.97. The highest BCUT2D eigenvalue weighted by Gasteiger charge is 2.33. The molecule has 9 heteroatoms. The molecule has 6 rings (SSSR count). The van der Waals surface area contributed by atoms with Gasteiger partial charge in [0.05, 0.1) is 18.4 Å². The number of benzene rings is 2. The van der Waals surface area contributed by atoms with Crippen molar-refractivity contribution in [3.63, 3.8) is 0 Å². The number of hydrogen-bond donors (Lipinski definition) is 1. The van der Waals surface area contributed by atoms with Crippen LogP contribution in [-0.2, 0) is 11.3 Å². The third-order valence-electron chi connectivity index (χ3n) is 7.59. The van der Waals surface area contributed by atoms with E-state index in [1.165, 1.54) is 31.5 Å². The number of carbonyl (C=O) groups excluding carboxylic acids is 1. The molecule has 41 heavy (non-hydrogen) atoms. The monoisotopic (exact) mass is 569 g/mol. The number of amides is 1. The predicted octanol–water partition coefficient (Wildman–Crippen LogP) is 4.88. The maximum Gasteiger partial charge on any atom is 0.248 e. The van der Waals surface area contributed by atoms with Crippen LogP contribution in [0.5, 0.6) is 5.75 Å². The highest BCUT2D eigenvalue weighted by molar-refractivity contribution is 7.99. The van der Waals surface area contributed by atoms with Gasteiger partial charge in [0.1, 0.15) is 24.3 Å². The van der Waals surface area contributed by atoms with Crippen molar-refractivity contribution in [3.8, 4) is 17.7 Å². The summed E-state index contributed by atoms with van der Waals surface area (Å²) in [7, 11) is 0. The molecule has 1 aromatic heterocycles. The van der Waals surface area contributed by atoms with Crippen molar-refractivity contribution >= 4 is 23.4 Å². The van der Waals surface area contributed by atoms with Gasteiger partial charge in [0.2, 0.25) is 5.91 Å². The Kier molecular flexibility index (Phi) is 8.61. The smallest absolute Gasteiger partial charge is 0.248 e. The van der Waals surface area contributed by atoms with E-state index >= 15 is 0 Å². The summed E-state index contributed by atoms with van der Waals surface area (Å²) in [5, 5.41) is 4.24. The molecule has 2 aromatic carbocycles. The number of fused-ring (bicyclic) bond motifs is 1. The number of nitrogens with two attached hydrogens (primary N) is 1. The maximum absolute atomic E-state index is 11.6. The van der Waals surface area contributed by atoms with Gasteiger partial charge in [-0.05, 0) is 99.1 Å². The first-order valence-corrected chi connectivity index (χ1v) is 15.2. The largest absolute Gasteiger partial charge is 0.491 e. The molecule has 0 bridgehead atoms. The molecule has 8 nitrogen and oxygen atoms in total. The predicted molar refractivity (Wildman–Crippen MR) is 159 cm³/mol. The number of ether oxygens (including phenoxy) is 2. The maximum atomic E-state index is 11.6. The summed E-state index contributed by atoms with van der Waals surface area (Å²) in [5.74, 6) is 3.59. The first kappa shape index (κ1) is 27.5. The quantitative estimate of drug-likeness (QED) is 0.385. The molecule has 3 aliphatic heterocycles. The van der Waals surface area contributed by atoms with Crippen LogP contribution in [0.2, 0.25) is 0 Å². The number of aromatic nitrogens is 1. The van der Waals surface area contributed by atoms with Crippen molar-refractivity contribution in [3.05, 3.63) is 77.6 Å². The minimum absolute atomic E-state index is 0.0721. The van der Waals surface area contributed by atoms with Crippen molar-refractivity contribution in [2.24, 2.45) is 5.73 Å². The van der Waals surface area contributed by atoms with E-state index in [9.17, 15) is 4.79 Å². The van der Waals surface area contributed by atoms with Gasteiger partial charge in [-0.25, -0.2) is 15.0 Å². The Hall–Kier alpha value is -3.71. The van der Waals surface area contributed by atoms with Crippen molar-refractivity contribution in [1.29, 1.82) is 0 Å². The Labute approximate surface area is 245 Å². The standard InChI is InChI=1S/C32H35N5O3S/c33-32(38)24-6-5-7-28(20-24)41-29-12-9-25-23-36(37(30(25)21-29)31-8-1-4-18-40-31)16-13-26-10-11-27(22-34-26)39-19-17-35-14-2-3-15-35/h5-7,9-12,20-22,31H,1-4,8,14-15,17-19,23H2,(H2,33,38). The Balaban J connectivity index is 1.17. The molecule has 212 valence electrons. The molecule has 2 N–H and O–H groups in total. The van der Waals surface area contributed by atoms with Crippen molar-refractivity contribution in [1.82, 2.24) is 14.9 Å². The second-order valence-electron chi connectivity index (χ2n) is 10.5. The molecular weight excluding hydrogens is 534 g/mol. The van der Waals surface area contributed by atoms with Gasteiger partial charge in [-0.2, -0.15) is 0 Å². The second kappa shape index (κ2) is 12.9.